The Bertz CT molecular complexity index is 1780. The fourth-order valence-electron chi connectivity index (χ4n) is 5.67. The number of carbonyl (C=O) groups is 3. The van der Waals surface area contributed by atoms with Crippen molar-refractivity contribution in [2.45, 2.75) is 20.3 Å². The van der Waals surface area contributed by atoms with Gasteiger partial charge in [-0.1, -0.05) is 54.1 Å². The zero-order valence-electron chi connectivity index (χ0n) is 28.9. The van der Waals surface area contributed by atoms with Gasteiger partial charge in [-0.25, -0.2) is 4.79 Å². The van der Waals surface area contributed by atoms with Gasteiger partial charge in [0.1, 0.15) is 11.5 Å². The average molecular weight is 664 g/mol. The minimum Gasteiger partial charge on any atom is -0.495 e. The average Bonchev–Trinajstić information content (AvgIpc) is 3.11. The summed E-state index contributed by atoms with van der Waals surface area (Å²) in [6.07, 6.45) is 0.615. The van der Waals surface area contributed by atoms with Crippen molar-refractivity contribution in [2.24, 2.45) is 0 Å². The normalized spacial score (nSPS) is 13.0. The van der Waals surface area contributed by atoms with Crippen LogP contribution >= 0.6 is 0 Å². The van der Waals surface area contributed by atoms with Crippen molar-refractivity contribution in [3.05, 3.63) is 107 Å². The van der Waals surface area contributed by atoms with Gasteiger partial charge in [0, 0.05) is 50.9 Å². The van der Waals surface area contributed by atoms with Gasteiger partial charge in [0.15, 0.2) is 0 Å². The molecule has 0 spiro atoms. The highest BCUT2D eigenvalue weighted by Gasteiger charge is 2.21. The van der Waals surface area contributed by atoms with E-state index in [2.05, 4.69) is 22.6 Å². The van der Waals surface area contributed by atoms with Crippen LogP contribution < -0.4 is 25.0 Å². The highest BCUT2D eigenvalue weighted by molar-refractivity contribution is 6.10. The monoisotopic (exact) mass is 663 g/mol. The number of nitrogens with one attached hydrogen (secondary N) is 2. The van der Waals surface area contributed by atoms with E-state index in [1.165, 1.54) is 12.0 Å². The number of benzene rings is 4. The van der Waals surface area contributed by atoms with Gasteiger partial charge in [-0.2, -0.15) is 0 Å². The lowest BCUT2D eigenvalue weighted by Gasteiger charge is -2.32. The standard InChI is InChI=1S/C39H45N5O5/c1-27-11-14-29(15-12-27)31-9-6-7-10-32(31)37(45)41-33-17-16-30(26-35(33)48-5)38(46)43(4)34-18-13-28(2)25-36(34)49-24-8-19-40-39(47)44-22-20-42(3)21-23-44/h6-7,9-18,25-26H,8,19-24H2,1-5H3,(H,40,47)(H,41,45). The van der Waals surface area contributed by atoms with E-state index in [4.69, 9.17) is 9.47 Å². The Morgan fingerprint density at radius 3 is 2.29 bits per heavy atom. The van der Waals surface area contributed by atoms with E-state index in [1.54, 1.807) is 31.3 Å². The molecular weight excluding hydrogens is 618 g/mol. The number of aryl methyl sites for hydroxylation is 2. The molecule has 0 atom stereocenters. The van der Waals surface area contributed by atoms with Crippen molar-refractivity contribution in [1.29, 1.82) is 0 Å². The lowest BCUT2D eigenvalue weighted by Crippen LogP contribution is -2.50. The molecule has 0 aromatic heterocycles. The Morgan fingerprint density at radius 1 is 0.837 bits per heavy atom. The molecule has 10 nitrogen and oxygen atoms in total. The smallest absolute Gasteiger partial charge is 0.317 e. The van der Waals surface area contributed by atoms with Crippen LogP contribution in [-0.4, -0.2) is 88.2 Å². The van der Waals surface area contributed by atoms with Gasteiger partial charge in [0.05, 0.1) is 25.1 Å². The zero-order chi connectivity index (χ0) is 34.9. The maximum Gasteiger partial charge on any atom is 0.317 e. The summed E-state index contributed by atoms with van der Waals surface area (Å²) in [6, 6.07) is 26.1. The summed E-state index contributed by atoms with van der Waals surface area (Å²) in [7, 11) is 5.25. The first-order valence-corrected chi connectivity index (χ1v) is 16.5. The van der Waals surface area contributed by atoms with E-state index >= 15 is 0 Å². The van der Waals surface area contributed by atoms with Crippen LogP contribution in [0.1, 0.15) is 38.3 Å². The molecular formula is C39H45N5O5. The Balaban J connectivity index is 1.23. The number of rotatable bonds is 11. The van der Waals surface area contributed by atoms with Crippen molar-refractivity contribution in [1.82, 2.24) is 15.1 Å². The minimum atomic E-state index is -0.286. The van der Waals surface area contributed by atoms with E-state index in [9.17, 15) is 14.4 Å². The van der Waals surface area contributed by atoms with Gasteiger partial charge in [-0.15, -0.1) is 0 Å². The van der Waals surface area contributed by atoms with Gasteiger partial charge in [-0.05, 0) is 80.4 Å². The van der Waals surface area contributed by atoms with Gasteiger partial charge < -0.3 is 34.8 Å². The number of hydrogen-bond donors (Lipinski definition) is 2. The molecule has 0 bridgehead atoms. The third-order valence-corrected chi connectivity index (χ3v) is 8.66. The van der Waals surface area contributed by atoms with Crippen molar-refractivity contribution >= 4 is 29.2 Å². The topological polar surface area (TPSA) is 103 Å². The van der Waals surface area contributed by atoms with Crippen molar-refractivity contribution in [3.8, 4) is 22.6 Å². The van der Waals surface area contributed by atoms with Gasteiger partial charge in [-0.3, -0.25) is 9.59 Å². The van der Waals surface area contributed by atoms with Gasteiger partial charge in [0.25, 0.3) is 11.8 Å². The molecule has 0 unspecified atom stereocenters. The van der Waals surface area contributed by atoms with Crippen LogP contribution in [0.25, 0.3) is 11.1 Å². The van der Waals surface area contributed by atoms with Crippen molar-refractivity contribution in [2.75, 3.05) is 70.8 Å². The highest BCUT2D eigenvalue weighted by atomic mass is 16.5. The molecule has 4 amide bonds. The number of anilines is 2. The molecule has 1 aliphatic heterocycles. The second kappa shape index (κ2) is 16.2. The van der Waals surface area contributed by atoms with Crippen molar-refractivity contribution < 1.29 is 23.9 Å². The zero-order valence-corrected chi connectivity index (χ0v) is 28.9. The molecule has 1 saturated heterocycles. The number of likely N-dealkylation sites (N-methyl/N-ethyl adjacent to an activating group) is 1. The van der Waals surface area contributed by atoms with Crippen LogP contribution in [0, 0.1) is 13.8 Å². The summed E-state index contributed by atoms with van der Waals surface area (Å²) in [5, 5.41) is 5.94. The first-order chi connectivity index (χ1) is 23.6. The number of piperazine rings is 1. The predicted molar refractivity (Wildman–Crippen MR) is 194 cm³/mol. The predicted octanol–water partition coefficient (Wildman–Crippen LogP) is 6.23. The van der Waals surface area contributed by atoms with Gasteiger partial charge >= 0.3 is 6.03 Å². The number of ether oxygens (including phenoxy) is 2. The summed E-state index contributed by atoms with van der Waals surface area (Å²) in [4.78, 5) is 45.3. The molecule has 0 radical (unpaired) electrons. The van der Waals surface area contributed by atoms with Crippen molar-refractivity contribution in [3.63, 3.8) is 0 Å². The van der Waals surface area contributed by atoms with Crippen LogP contribution in [0.3, 0.4) is 0 Å². The largest absolute Gasteiger partial charge is 0.495 e. The van der Waals surface area contributed by atoms with E-state index < -0.39 is 0 Å². The van der Waals surface area contributed by atoms with Gasteiger partial charge in [0.2, 0.25) is 0 Å². The van der Waals surface area contributed by atoms with Crippen LogP contribution in [0.2, 0.25) is 0 Å². The Hall–Kier alpha value is -5.35. The second-order valence-corrected chi connectivity index (χ2v) is 12.3. The Morgan fingerprint density at radius 2 is 1.55 bits per heavy atom. The van der Waals surface area contributed by atoms with Crippen LogP contribution in [0.5, 0.6) is 11.5 Å². The van der Waals surface area contributed by atoms with E-state index in [0.29, 0.717) is 53.6 Å². The van der Waals surface area contributed by atoms with Crippen LogP contribution in [-0.2, 0) is 0 Å². The molecule has 1 aliphatic rings. The molecule has 2 N–H and O–H groups in total. The number of carbonyl (C=O) groups excluding carboxylic acids is 3. The first kappa shape index (κ1) is 35.0. The molecule has 10 heteroatoms. The lowest BCUT2D eigenvalue weighted by atomic mass is 9.98. The maximum atomic E-state index is 13.7. The fraction of sp³-hybridized carbons (Fsp3) is 0.308. The first-order valence-electron chi connectivity index (χ1n) is 16.5. The second-order valence-electron chi connectivity index (χ2n) is 12.3. The number of amides is 4. The molecule has 5 rings (SSSR count). The third-order valence-electron chi connectivity index (χ3n) is 8.66. The summed E-state index contributed by atoms with van der Waals surface area (Å²) in [5.41, 5.74) is 5.87. The quantitative estimate of drug-likeness (QED) is 0.185. The highest BCUT2D eigenvalue weighted by Crippen LogP contribution is 2.33. The summed E-state index contributed by atoms with van der Waals surface area (Å²) in [5.74, 6) is 0.379. The van der Waals surface area contributed by atoms with E-state index in [0.717, 1.165) is 48.4 Å². The molecule has 256 valence electrons. The SMILES string of the molecule is COc1cc(C(=O)N(C)c2ccc(C)cc2OCCCNC(=O)N2CCN(C)CC2)ccc1NC(=O)c1ccccc1-c1ccc(C)cc1. The maximum absolute atomic E-state index is 13.7. The molecule has 1 fully saturated rings. The molecule has 49 heavy (non-hydrogen) atoms. The summed E-state index contributed by atoms with van der Waals surface area (Å²) >= 11 is 0. The molecule has 0 aliphatic carbocycles. The van der Waals surface area contributed by atoms with Crippen LogP contribution in [0.4, 0.5) is 16.2 Å². The number of hydrogen-bond acceptors (Lipinski definition) is 6. The molecule has 1 heterocycles. The summed E-state index contributed by atoms with van der Waals surface area (Å²) < 4.78 is 11.7. The Kier molecular flexibility index (Phi) is 11.5. The number of nitrogens with zero attached hydrogens (tertiary/aromatic N) is 3. The fourth-order valence-corrected chi connectivity index (χ4v) is 5.67. The lowest BCUT2D eigenvalue weighted by molar-refractivity contribution is 0.0990. The third kappa shape index (κ3) is 8.77. The number of urea groups is 1. The minimum absolute atomic E-state index is 0.0530. The Labute approximate surface area is 288 Å². The van der Waals surface area contributed by atoms with E-state index in [-0.39, 0.29) is 17.8 Å². The molecule has 0 saturated carbocycles. The molecule has 4 aromatic rings. The molecule has 4 aromatic carbocycles. The van der Waals surface area contributed by atoms with E-state index in [1.807, 2.05) is 79.4 Å². The van der Waals surface area contributed by atoms with Crippen LogP contribution in [0.15, 0.2) is 84.9 Å². The number of methoxy groups -OCH3 is 1. The summed E-state index contributed by atoms with van der Waals surface area (Å²) in [6.45, 7) is 8.03.